The van der Waals surface area contributed by atoms with Gasteiger partial charge in [0.25, 0.3) is 0 Å². The average Bonchev–Trinajstić information content (AvgIpc) is 2.53. The second-order valence-corrected chi connectivity index (χ2v) is 5.91. The van der Waals surface area contributed by atoms with Gasteiger partial charge in [0, 0.05) is 36.5 Å². The average molecular weight is 243 g/mol. The maximum Gasteiger partial charge on any atom is 0.185 e. The molecule has 0 atom stereocenters. The third-order valence-electron chi connectivity index (χ3n) is 2.39. The normalized spacial score (nSPS) is 17.8. The molecule has 2 rings (SSSR count). The summed E-state index contributed by atoms with van der Waals surface area (Å²) in [5, 5.41) is 4.36. The molecule has 1 aliphatic heterocycles. The Morgan fingerprint density at radius 1 is 1.47 bits per heavy atom. The molecule has 1 aliphatic rings. The summed E-state index contributed by atoms with van der Waals surface area (Å²) in [7, 11) is 1.97. The molecule has 1 aromatic heterocycles. The van der Waals surface area contributed by atoms with Crippen molar-refractivity contribution >= 4 is 28.2 Å². The van der Waals surface area contributed by atoms with Gasteiger partial charge in [0.2, 0.25) is 0 Å². The van der Waals surface area contributed by atoms with Gasteiger partial charge in [0.05, 0.1) is 0 Å². The van der Waals surface area contributed by atoms with Gasteiger partial charge in [-0.1, -0.05) is 0 Å². The molecule has 0 amide bonds. The quantitative estimate of drug-likeness (QED) is 0.876. The van der Waals surface area contributed by atoms with Crippen LogP contribution in [0, 0.1) is 0 Å². The molecule has 0 aliphatic carbocycles. The molecule has 1 aromatic rings. The molecule has 0 unspecified atom stereocenters. The number of hydrogen-bond acceptors (Lipinski definition) is 5. The van der Waals surface area contributed by atoms with Gasteiger partial charge >= 0.3 is 0 Å². The van der Waals surface area contributed by atoms with Crippen molar-refractivity contribution in [2.45, 2.75) is 13.0 Å². The molecule has 0 saturated carbocycles. The van der Waals surface area contributed by atoms with E-state index in [1.807, 2.05) is 24.6 Å². The number of rotatable bonds is 3. The van der Waals surface area contributed by atoms with E-state index in [1.54, 1.807) is 0 Å². The smallest absolute Gasteiger partial charge is 0.185 e. The predicted octanol–water partition coefficient (Wildman–Crippen LogP) is 1.81. The third kappa shape index (κ3) is 3.09. The molecule has 3 nitrogen and oxygen atoms in total. The lowest BCUT2D eigenvalue weighted by atomic mass is 10.4. The highest BCUT2D eigenvalue weighted by atomic mass is 32.2. The predicted molar refractivity (Wildman–Crippen MR) is 69.0 cm³/mol. The number of thioether (sulfide) groups is 1. The van der Waals surface area contributed by atoms with Crippen LogP contribution in [0.15, 0.2) is 6.20 Å². The summed E-state index contributed by atoms with van der Waals surface area (Å²) >= 11 is 3.87. The number of anilines is 1. The minimum atomic E-state index is 0.931. The number of hydrogen-bond donors (Lipinski definition) is 1. The van der Waals surface area contributed by atoms with Crippen LogP contribution < -0.4 is 10.2 Å². The Hall–Kier alpha value is -0.260. The number of aromatic nitrogens is 1. The molecule has 5 heteroatoms. The van der Waals surface area contributed by atoms with Crippen LogP contribution in [0.1, 0.15) is 11.3 Å². The SMILES string of the molecule is CNCc1cnc(N2CCCSCC2)s1. The molecule has 84 valence electrons. The second kappa shape index (κ2) is 5.72. The highest BCUT2D eigenvalue weighted by Crippen LogP contribution is 2.24. The Morgan fingerprint density at radius 3 is 3.27 bits per heavy atom. The standard InChI is InChI=1S/C10H17N3S2/c1-11-7-9-8-12-10(15-9)13-3-2-5-14-6-4-13/h8,11H,2-7H2,1H3. The first-order chi connectivity index (χ1) is 7.40. The molecule has 1 N–H and O–H groups in total. The first kappa shape index (κ1) is 11.2. The number of nitrogens with zero attached hydrogens (tertiary/aromatic N) is 2. The summed E-state index contributed by atoms with van der Waals surface area (Å²) < 4.78 is 0. The summed E-state index contributed by atoms with van der Waals surface area (Å²) in [4.78, 5) is 8.24. The highest BCUT2D eigenvalue weighted by Gasteiger charge is 2.13. The van der Waals surface area contributed by atoms with Gasteiger partial charge in [-0.3, -0.25) is 0 Å². The second-order valence-electron chi connectivity index (χ2n) is 3.59. The highest BCUT2D eigenvalue weighted by molar-refractivity contribution is 7.99. The van der Waals surface area contributed by atoms with Crippen LogP contribution in [-0.4, -0.2) is 36.6 Å². The lowest BCUT2D eigenvalue weighted by molar-refractivity contribution is 0.811. The van der Waals surface area contributed by atoms with Gasteiger partial charge in [-0.15, -0.1) is 11.3 Å². The molecule has 2 heterocycles. The fourth-order valence-electron chi connectivity index (χ4n) is 1.64. The molecule has 15 heavy (non-hydrogen) atoms. The topological polar surface area (TPSA) is 28.2 Å². The van der Waals surface area contributed by atoms with E-state index in [-0.39, 0.29) is 0 Å². The molecule has 0 spiro atoms. The Balaban J connectivity index is 2.00. The molecule has 0 radical (unpaired) electrons. The van der Waals surface area contributed by atoms with Crippen LogP contribution in [0.3, 0.4) is 0 Å². The van der Waals surface area contributed by atoms with E-state index >= 15 is 0 Å². The lowest BCUT2D eigenvalue weighted by Gasteiger charge is -2.18. The first-order valence-corrected chi connectivity index (χ1v) is 7.29. The maximum atomic E-state index is 4.50. The molecule has 0 bridgehead atoms. The van der Waals surface area contributed by atoms with E-state index in [9.17, 15) is 0 Å². The van der Waals surface area contributed by atoms with Crippen molar-refractivity contribution in [3.05, 3.63) is 11.1 Å². The van der Waals surface area contributed by atoms with Crippen molar-refractivity contribution < 1.29 is 0 Å². The molecular formula is C10H17N3S2. The van der Waals surface area contributed by atoms with Crippen molar-refractivity contribution in [3.8, 4) is 0 Å². The Labute approximate surface area is 99.3 Å². The van der Waals surface area contributed by atoms with Crippen LogP contribution in [-0.2, 0) is 6.54 Å². The maximum absolute atomic E-state index is 4.50. The summed E-state index contributed by atoms with van der Waals surface area (Å²) in [5.74, 6) is 2.53. The molecular weight excluding hydrogens is 226 g/mol. The van der Waals surface area contributed by atoms with Crippen LogP contribution in [0.25, 0.3) is 0 Å². The van der Waals surface area contributed by atoms with Gasteiger partial charge in [-0.2, -0.15) is 11.8 Å². The third-order valence-corrected chi connectivity index (χ3v) is 4.49. The zero-order valence-corrected chi connectivity index (χ0v) is 10.7. The van der Waals surface area contributed by atoms with Gasteiger partial charge in [-0.25, -0.2) is 4.98 Å². The summed E-state index contributed by atoms with van der Waals surface area (Å²) in [6.07, 6.45) is 3.28. The van der Waals surface area contributed by atoms with Crippen molar-refractivity contribution in [1.82, 2.24) is 10.3 Å². The van der Waals surface area contributed by atoms with Crippen LogP contribution in [0.2, 0.25) is 0 Å². The first-order valence-electron chi connectivity index (χ1n) is 5.32. The zero-order valence-electron chi connectivity index (χ0n) is 9.03. The number of thiazole rings is 1. The fourth-order valence-corrected chi connectivity index (χ4v) is 3.50. The van der Waals surface area contributed by atoms with E-state index in [0.717, 1.165) is 13.1 Å². The van der Waals surface area contributed by atoms with E-state index in [0.29, 0.717) is 0 Å². The zero-order chi connectivity index (χ0) is 10.5. The van der Waals surface area contributed by atoms with E-state index < -0.39 is 0 Å². The van der Waals surface area contributed by atoms with Crippen molar-refractivity contribution in [3.63, 3.8) is 0 Å². The van der Waals surface area contributed by atoms with E-state index in [1.165, 1.54) is 34.5 Å². The Morgan fingerprint density at radius 2 is 2.40 bits per heavy atom. The monoisotopic (exact) mass is 243 g/mol. The fraction of sp³-hybridized carbons (Fsp3) is 0.700. The van der Waals surface area contributed by atoms with Crippen molar-refractivity contribution in [1.29, 1.82) is 0 Å². The Bertz CT molecular complexity index is 293. The van der Waals surface area contributed by atoms with Crippen LogP contribution >= 0.6 is 23.1 Å². The minimum absolute atomic E-state index is 0.931. The van der Waals surface area contributed by atoms with Gasteiger partial charge in [0.1, 0.15) is 0 Å². The van der Waals surface area contributed by atoms with Gasteiger partial charge in [0.15, 0.2) is 5.13 Å². The van der Waals surface area contributed by atoms with Crippen molar-refractivity contribution in [2.75, 3.05) is 36.5 Å². The summed E-state index contributed by atoms with van der Waals surface area (Å²) in [6.45, 7) is 3.25. The molecule has 1 saturated heterocycles. The Kier molecular flexibility index (Phi) is 4.29. The largest absolute Gasteiger partial charge is 0.347 e. The van der Waals surface area contributed by atoms with E-state index in [2.05, 4.69) is 27.0 Å². The van der Waals surface area contributed by atoms with E-state index in [4.69, 9.17) is 0 Å². The summed E-state index contributed by atoms with van der Waals surface area (Å²) in [6, 6.07) is 0. The van der Waals surface area contributed by atoms with Crippen molar-refractivity contribution in [2.24, 2.45) is 0 Å². The van der Waals surface area contributed by atoms with Crippen LogP contribution in [0.4, 0.5) is 5.13 Å². The van der Waals surface area contributed by atoms with Crippen LogP contribution in [0.5, 0.6) is 0 Å². The minimum Gasteiger partial charge on any atom is -0.347 e. The van der Waals surface area contributed by atoms with Gasteiger partial charge < -0.3 is 10.2 Å². The summed E-state index contributed by atoms with van der Waals surface area (Å²) in [5.41, 5.74) is 0. The lowest BCUT2D eigenvalue weighted by Crippen LogP contribution is -2.25. The molecule has 0 aromatic carbocycles. The van der Waals surface area contributed by atoms with Gasteiger partial charge in [-0.05, 0) is 19.2 Å². The number of nitrogens with one attached hydrogen (secondary N) is 1. The molecule has 1 fully saturated rings.